The first-order chi connectivity index (χ1) is 12.3. The van der Waals surface area contributed by atoms with E-state index in [9.17, 15) is 0 Å². The number of ether oxygens (including phenoxy) is 2. The Morgan fingerprint density at radius 3 is 2.68 bits per heavy atom. The molecule has 1 aromatic carbocycles. The molecular formula is C21H24N2O2. The summed E-state index contributed by atoms with van der Waals surface area (Å²) in [6, 6.07) is 8.34. The van der Waals surface area contributed by atoms with Crippen LogP contribution in [0.4, 0.5) is 0 Å². The highest BCUT2D eigenvalue weighted by molar-refractivity contribution is 6.14. The SMILES string of the molecule is COc1ccc2c(c1OC1CCCC1)CC(C)N=C2c1cccnc1. The average molecular weight is 336 g/mol. The number of aromatic nitrogens is 1. The summed E-state index contributed by atoms with van der Waals surface area (Å²) in [5.41, 5.74) is 4.40. The Kier molecular flexibility index (Phi) is 4.43. The zero-order valence-corrected chi connectivity index (χ0v) is 14.9. The maximum Gasteiger partial charge on any atom is 0.165 e. The molecule has 0 saturated heterocycles. The summed E-state index contributed by atoms with van der Waals surface area (Å²) in [6.07, 6.45) is 9.61. The van der Waals surface area contributed by atoms with Crippen LogP contribution >= 0.6 is 0 Å². The van der Waals surface area contributed by atoms with Crippen molar-refractivity contribution >= 4 is 5.71 Å². The fourth-order valence-electron chi connectivity index (χ4n) is 3.86. The van der Waals surface area contributed by atoms with Gasteiger partial charge in [0.1, 0.15) is 0 Å². The molecule has 0 bridgehead atoms. The van der Waals surface area contributed by atoms with Crippen molar-refractivity contribution in [3.63, 3.8) is 0 Å². The van der Waals surface area contributed by atoms with Crippen molar-refractivity contribution in [3.05, 3.63) is 53.3 Å². The number of pyridine rings is 1. The summed E-state index contributed by atoms with van der Waals surface area (Å²) >= 11 is 0. The highest BCUT2D eigenvalue weighted by atomic mass is 16.5. The Labute approximate surface area is 148 Å². The molecule has 130 valence electrons. The minimum absolute atomic E-state index is 0.209. The molecule has 2 aromatic rings. The molecule has 1 atom stereocenters. The van der Waals surface area contributed by atoms with Gasteiger partial charge in [-0.25, -0.2) is 0 Å². The second-order valence-corrected chi connectivity index (χ2v) is 6.92. The minimum atomic E-state index is 0.209. The van der Waals surface area contributed by atoms with Gasteiger partial charge < -0.3 is 9.47 Å². The van der Waals surface area contributed by atoms with Gasteiger partial charge in [0.15, 0.2) is 11.5 Å². The third-order valence-electron chi connectivity index (χ3n) is 5.07. The van der Waals surface area contributed by atoms with Crippen LogP contribution in [0.25, 0.3) is 0 Å². The number of nitrogens with zero attached hydrogens (tertiary/aromatic N) is 2. The summed E-state index contributed by atoms with van der Waals surface area (Å²) in [7, 11) is 1.71. The van der Waals surface area contributed by atoms with Gasteiger partial charge in [-0.15, -0.1) is 0 Å². The van der Waals surface area contributed by atoms with E-state index in [2.05, 4.69) is 24.0 Å². The molecule has 1 aliphatic heterocycles. The van der Waals surface area contributed by atoms with Gasteiger partial charge in [-0.1, -0.05) is 0 Å². The first-order valence-electron chi connectivity index (χ1n) is 9.11. The third-order valence-corrected chi connectivity index (χ3v) is 5.07. The van der Waals surface area contributed by atoms with Gasteiger partial charge in [0.2, 0.25) is 0 Å². The summed E-state index contributed by atoms with van der Waals surface area (Å²) in [6.45, 7) is 2.15. The Morgan fingerprint density at radius 1 is 1.12 bits per heavy atom. The quantitative estimate of drug-likeness (QED) is 0.841. The van der Waals surface area contributed by atoms with E-state index in [0.29, 0.717) is 6.10 Å². The Balaban J connectivity index is 1.80. The highest BCUT2D eigenvalue weighted by Crippen LogP contribution is 2.40. The number of rotatable bonds is 4. The smallest absolute Gasteiger partial charge is 0.165 e. The van der Waals surface area contributed by atoms with Crippen molar-refractivity contribution in [2.24, 2.45) is 4.99 Å². The van der Waals surface area contributed by atoms with Crippen molar-refractivity contribution in [1.82, 2.24) is 4.98 Å². The van der Waals surface area contributed by atoms with Crippen LogP contribution in [0.2, 0.25) is 0 Å². The van der Waals surface area contributed by atoms with Crippen LogP contribution in [0.15, 0.2) is 41.7 Å². The fraction of sp³-hybridized carbons (Fsp3) is 0.429. The first kappa shape index (κ1) is 16.1. The van der Waals surface area contributed by atoms with Crippen molar-refractivity contribution in [2.45, 2.75) is 51.2 Å². The highest BCUT2D eigenvalue weighted by Gasteiger charge is 2.27. The molecule has 0 amide bonds. The molecule has 2 heterocycles. The van der Waals surface area contributed by atoms with E-state index >= 15 is 0 Å². The molecule has 1 saturated carbocycles. The van der Waals surface area contributed by atoms with Crippen LogP contribution in [-0.4, -0.2) is 30.0 Å². The van der Waals surface area contributed by atoms with Gasteiger partial charge in [0.05, 0.1) is 25.0 Å². The second kappa shape index (κ2) is 6.87. The third kappa shape index (κ3) is 3.13. The lowest BCUT2D eigenvalue weighted by Gasteiger charge is -2.26. The van der Waals surface area contributed by atoms with Crippen molar-refractivity contribution < 1.29 is 9.47 Å². The Morgan fingerprint density at radius 2 is 1.96 bits per heavy atom. The molecule has 4 nitrogen and oxygen atoms in total. The minimum Gasteiger partial charge on any atom is -0.493 e. The van der Waals surface area contributed by atoms with Crippen LogP contribution in [0.1, 0.15) is 49.3 Å². The van der Waals surface area contributed by atoms with Gasteiger partial charge in [-0.05, 0) is 63.3 Å². The lowest BCUT2D eigenvalue weighted by atomic mass is 9.90. The standard InChI is InChI=1S/C21H24N2O2/c1-14-12-18-17(20(23-14)15-6-5-11-22-13-15)9-10-19(24-2)21(18)25-16-7-3-4-8-16/h5-6,9-11,13-14,16H,3-4,7-8,12H2,1-2H3. The summed E-state index contributed by atoms with van der Waals surface area (Å²) < 4.78 is 12.1. The van der Waals surface area contributed by atoms with E-state index in [4.69, 9.17) is 14.5 Å². The second-order valence-electron chi connectivity index (χ2n) is 6.92. The van der Waals surface area contributed by atoms with Gasteiger partial charge in [-0.3, -0.25) is 9.98 Å². The van der Waals surface area contributed by atoms with E-state index in [1.165, 1.54) is 18.4 Å². The number of aliphatic imine (C=N–C) groups is 1. The average Bonchev–Trinajstić information content (AvgIpc) is 3.15. The predicted octanol–water partition coefficient (Wildman–Crippen LogP) is 4.19. The fourth-order valence-corrected chi connectivity index (χ4v) is 3.86. The lowest BCUT2D eigenvalue weighted by Crippen LogP contribution is -2.22. The number of methoxy groups -OCH3 is 1. The molecule has 1 fully saturated rings. The first-order valence-corrected chi connectivity index (χ1v) is 9.11. The maximum absolute atomic E-state index is 6.43. The number of hydrogen-bond donors (Lipinski definition) is 0. The molecule has 1 aromatic heterocycles. The lowest BCUT2D eigenvalue weighted by molar-refractivity contribution is 0.198. The molecule has 1 aliphatic carbocycles. The largest absolute Gasteiger partial charge is 0.493 e. The van der Waals surface area contributed by atoms with Crippen molar-refractivity contribution in [1.29, 1.82) is 0 Å². The van der Waals surface area contributed by atoms with E-state index < -0.39 is 0 Å². The molecule has 1 unspecified atom stereocenters. The zero-order valence-electron chi connectivity index (χ0n) is 14.9. The molecule has 2 aliphatic rings. The van der Waals surface area contributed by atoms with E-state index in [1.54, 1.807) is 13.3 Å². The molecular weight excluding hydrogens is 312 g/mol. The molecule has 4 heteroatoms. The van der Waals surface area contributed by atoms with Crippen LogP contribution in [0.5, 0.6) is 11.5 Å². The van der Waals surface area contributed by atoms with Gasteiger partial charge >= 0.3 is 0 Å². The molecule has 0 N–H and O–H groups in total. The molecule has 4 rings (SSSR count). The number of fused-ring (bicyclic) bond motifs is 1. The number of hydrogen-bond acceptors (Lipinski definition) is 4. The van der Waals surface area contributed by atoms with Crippen LogP contribution in [0.3, 0.4) is 0 Å². The van der Waals surface area contributed by atoms with E-state index in [1.807, 2.05) is 18.3 Å². The Bertz CT molecular complexity index is 780. The summed E-state index contributed by atoms with van der Waals surface area (Å²) in [4.78, 5) is 9.16. The van der Waals surface area contributed by atoms with E-state index in [0.717, 1.165) is 47.6 Å². The van der Waals surface area contributed by atoms with E-state index in [-0.39, 0.29) is 6.04 Å². The normalized spacial score (nSPS) is 20.1. The molecule has 0 radical (unpaired) electrons. The molecule has 25 heavy (non-hydrogen) atoms. The number of benzene rings is 1. The van der Waals surface area contributed by atoms with Crippen LogP contribution in [-0.2, 0) is 6.42 Å². The van der Waals surface area contributed by atoms with Crippen LogP contribution < -0.4 is 9.47 Å². The molecule has 0 spiro atoms. The monoisotopic (exact) mass is 336 g/mol. The van der Waals surface area contributed by atoms with Gasteiger partial charge in [0.25, 0.3) is 0 Å². The zero-order chi connectivity index (χ0) is 17.2. The Hall–Kier alpha value is -2.36. The van der Waals surface area contributed by atoms with Gasteiger partial charge in [0, 0.05) is 29.1 Å². The van der Waals surface area contributed by atoms with Crippen LogP contribution in [0, 0.1) is 0 Å². The van der Waals surface area contributed by atoms with Crippen molar-refractivity contribution in [2.75, 3.05) is 7.11 Å². The summed E-state index contributed by atoms with van der Waals surface area (Å²) in [5.74, 6) is 1.74. The maximum atomic E-state index is 6.43. The van der Waals surface area contributed by atoms with Crippen molar-refractivity contribution in [3.8, 4) is 11.5 Å². The predicted molar refractivity (Wildman–Crippen MR) is 98.9 cm³/mol. The summed E-state index contributed by atoms with van der Waals surface area (Å²) in [5, 5.41) is 0. The van der Waals surface area contributed by atoms with Gasteiger partial charge in [-0.2, -0.15) is 0 Å². The topological polar surface area (TPSA) is 43.7 Å².